The second-order valence-electron chi connectivity index (χ2n) is 6.25. The number of sulfonamides is 1. The summed E-state index contributed by atoms with van der Waals surface area (Å²) in [6.07, 6.45) is 3.60. The van der Waals surface area contributed by atoms with Gasteiger partial charge in [-0.15, -0.1) is 0 Å². The van der Waals surface area contributed by atoms with E-state index in [1.807, 2.05) is 13.8 Å². The molecule has 9 heteroatoms. The van der Waals surface area contributed by atoms with Crippen molar-refractivity contribution in [1.82, 2.24) is 14.6 Å². The van der Waals surface area contributed by atoms with Crippen molar-refractivity contribution in [3.63, 3.8) is 0 Å². The minimum absolute atomic E-state index is 0.00284. The number of rotatable bonds is 7. The predicted octanol–water partition coefficient (Wildman–Crippen LogP) is 0.785. The summed E-state index contributed by atoms with van der Waals surface area (Å²) >= 11 is 0. The van der Waals surface area contributed by atoms with Crippen molar-refractivity contribution in [3.8, 4) is 5.75 Å². The highest BCUT2D eigenvalue weighted by atomic mass is 32.2. The zero-order valence-corrected chi connectivity index (χ0v) is 15.8. The lowest BCUT2D eigenvalue weighted by molar-refractivity contribution is -0.131. The zero-order chi connectivity index (χ0) is 18.7. The third kappa shape index (κ3) is 3.78. The van der Waals surface area contributed by atoms with Gasteiger partial charge in [-0.25, -0.2) is 8.42 Å². The lowest BCUT2D eigenvalue weighted by Gasteiger charge is -2.35. The van der Waals surface area contributed by atoms with E-state index in [2.05, 4.69) is 10.3 Å². The Bertz CT molecular complexity index is 722. The van der Waals surface area contributed by atoms with Gasteiger partial charge in [0.15, 0.2) is 0 Å². The van der Waals surface area contributed by atoms with Crippen LogP contribution in [0.4, 0.5) is 0 Å². The van der Waals surface area contributed by atoms with E-state index in [4.69, 9.17) is 9.47 Å². The van der Waals surface area contributed by atoms with Gasteiger partial charge in [0.25, 0.3) is 0 Å². The monoisotopic (exact) mass is 371 g/mol. The van der Waals surface area contributed by atoms with Crippen molar-refractivity contribution in [3.05, 3.63) is 18.5 Å². The highest BCUT2D eigenvalue weighted by Crippen LogP contribution is 2.35. The van der Waals surface area contributed by atoms with Crippen molar-refractivity contribution >= 4 is 15.9 Å². The first-order valence-electron chi connectivity index (χ1n) is 8.13. The lowest BCUT2D eigenvalue weighted by Crippen LogP contribution is -2.59. The fraction of sp³-hybridized carbons (Fsp3) is 0.625. The molecule has 1 unspecified atom stereocenters. The van der Waals surface area contributed by atoms with Crippen LogP contribution in [0.25, 0.3) is 0 Å². The van der Waals surface area contributed by atoms with Crippen LogP contribution in [0.1, 0.15) is 26.7 Å². The molecule has 0 aliphatic carbocycles. The van der Waals surface area contributed by atoms with Crippen molar-refractivity contribution < 1.29 is 22.7 Å². The molecule has 0 radical (unpaired) electrons. The zero-order valence-electron chi connectivity index (χ0n) is 15.0. The molecule has 2 heterocycles. The molecule has 0 aromatic carbocycles. The van der Waals surface area contributed by atoms with Crippen LogP contribution < -0.4 is 10.1 Å². The minimum Gasteiger partial charge on any atom is -0.489 e. The number of carbonyl (C=O) groups excluding carboxylic acids is 1. The van der Waals surface area contributed by atoms with Crippen molar-refractivity contribution in [2.75, 3.05) is 27.3 Å². The normalized spacial score (nSPS) is 21.5. The fourth-order valence-corrected chi connectivity index (χ4v) is 4.89. The van der Waals surface area contributed by atoms with E-state index in [-0.39, 0.29) is 30.1 Å². The van der Waals surface area contributed by atoms with Gasteiger partial charge in [-0.1, -0.05) is 0 Å². The molecule has 140 valence electrons. The Morgan fingerprint density at radius 1 is 1.44 bits per heavy atom. The molecule has 1 aliphatic rings. The van der Waals surface area contributed by atoms with Crippen LogP contribution in [0.5, 0.6) is 5.75 Å². The third-order valence-electron chi connectivity index (χ3n) is 4.11. The van der Waals surface area contributed by atoms with Crippen molar-refractivity contribution in [2.45, 2.75) is 43.2 Å². The van der Waals surface area contributed by atoms with Gasteiger partial charge in [-0.05, 0) is 26.7 Å². The molecular weight excluding hydrogens is 346 g/mol. The molecule has 2 rings (SSSR count). The molecule has 1 aromatic heterocycles. The molecule has 1 amide bonds. The maximum Gasteiger partial charge on any atom is 0.245 e. The second kappa shape index (κ2) is 7.67. The van der Waals surface area contributed by atoms with Crippen LogP contribution in [-0.2, 0) is 19.6 Å². The summed E-state index contributed by atoms with van der Waals surface area (Å²) in [6.45, 7) is 3.92. The lowest BCUT2D eigenvalue weighted by atomic mass is 9.97. The summed E-state index contributed by atoms with van der Waals surface area (Å²) in [5.74, 6) is -0.00877. The highest BCUT2D eigenvalue weighted by molar-refractivity contribution is 7.89. The molecule has 1 N–H and O–H groups in total. The van der Waals surface area contributed by atoms with E-state index in [0.29, 0.717) is 18.6 Å². The van der Waals surface area contributed by atoms with Crippen LogP contribution in [-0.4, -0.2) is 62.6 Å². The number of likely N-dealkylation sites (N-methyl/N-ethyl adjacent to an activating group) is 1. The van der Waals surface area contributed by atoms with E-state index in [1.54, 1.807) is 0 Å². The predicted molar refractivity (Wildman–Crippen MR) is 91.8 cm³/mol. The molecule has 1 aromatic rings. The first kappa shape index (κ1) is 19.6. The molecule has 0 bridgehead atoms. The van der Waals surface area contributed by atoms with E-state index in [9.17, 15) is 13.2 Å². The largest absolute Gasteiger partial charge is 0.489 e. The summed E-state index contributed by atoms with van der Waals surface area (Å²) in [4.78, 5) is 16.5. The summed E-state index contributed by atoms with van der Waals surface area (Å²) in [6, 6.07) is 1.43. The van der Waals surface area contributed by atoms with Gasteiger partial charge < -0.3 is 14.8 Å². The standard InChI is InChI=1S/C16H25N3O5S/c1-12(2)24-13-8-14(10-18-9-13)25(21,22)19-7-5-6-16(19,11-23-4)15(20)17-3/h8-10,12H,5-7,11H2,1-4H3,(H,17,20). The second-order valence-corrected chi connectivity index (χ2v) is 8.11. The van der Waals surface area contributed by atoms with Crippen LogP contribution in [0, 0.1) is 0 Å². The molecule has 1 fully saturated rings. The number of hydrogen-bond donors (Lipinski definition) is 1. The molecule has 1 atom stereocenters. The topological polar surface area (TPSA) is 97.8 Å². The van der Waals surface area contributed by atoms with Crippen molar-refractivity contribution in [1.29, 1.82) is 0 Å². The molecule has 0 saturated carbocycles. The minimum atomic E-state index is -3.93. The summed E-state index contributed by atoms with van der Waals surface area (Å²) in [7, 11) is -0.993. The van der Waals surface area contributed by atoms with Crippen molar-refractivity contribution in [2.24, 2.45) is 0 Å². The fourth-order valence-electron chi connectivity index (χ4n) is 3.12. The number of hydrogen-bond acceptors (Lipinski definition) is 6. The van der Waals surface area contributed by atoms with Crippen LogP contribution in [0.3, 0.4) is 0 Å². The molecular formula is C16H25N3O5S. The number of nitrogens with one attached hydrogen (secondary N) is 1. The molecule has 25 heavy (non-hydrogen) atoms. The van der Waals surface area contributed by atoms with E-state index in [1.165, 1.54) is 36.9 Å². The van der Waals surface area contributed by atoms with Crippen LogP contribution >= 0.6 is 0 Å². The molecule has 8 nitrogen and oxygen atoms in total. The maximum atomic E-state index is 13.2. The maximum absolute atomic E-state index is 13.2. The average Bonchev–Trinajstić information content (AvgIpc) is 2.99. The average molecular weight is 371 g/mol. The van der Waals surface area contributed by atoms with Crippen LogP contribution in [0.2, 0.25) is 0 Å². The van der Waals surface area contributed by atoms with Gasteiger partial charge in [-0.3, -0.25) is 9.78 Å². The Labute approximate surface area is 148 Å². The quantitative estimate of drug-likeness (QED) is 0.761. The van der Waals surface area contributed by atoms with E-state index in [0.717, 1.165) is 0 Å². The molecule has 1 aliphatic heterocycles. The number of amides is 1. The number of pyridine rings is 1. The number of methoxy groups -OCH3 is 1. The third-order valence-corrected chi connectivity index (χ3v) is 6.04. The van der Waals surface area contributed by atoms with Gasteiger partial charge >= 0.3 is 0 Å². The van der Waals surface area contributed by atoms with Crippen LogP contribution in [0.15, 0.2) is 23.4 Å². The summed E-state index contributed by atoms with van der Waals surface area (Å²) in [5.41, 5.74) is -1.25. The Morgan fingerprint density at radius 3 is 2.76 bits per heavy atom. The van der Waals surface area contributed by atoms with Gasteiger partial charge in [0, 0.05) is 33.0 Å². The number of nitrogens with zero attached hydrogens (tertiary/aromatic N) is 2. The first-order valence-corrected chi connectivity index (χ1v) is 9.57. The van der Waals surface area contributed by atoms with E-state index < -0.39 is 15.6 Å². The summed E-state index contributed by atoms with van der Waals surface area (Å²) in [5, 5.41) is 2.56. The summed E-state index contributed by atoms with van der Waals surface area (Å²) < 4.78 is 38.3. The molecule has 0 spiro atoms. The number of aromatic nitrogens is 1. The van der Waals surface area contributed by atoms with Gasteiger partial charge in [0.05, 0.1) is 18.9 Å². The van der Waals surface area contributed by atoms with Gasteiger partial charge in [-0.2, -0.15) is 4.31 Å². The Balaban J connectivity index is 2.45. The highest BCUT2D eigenvalue weighted by Gasteiger charge is 2.53. The Kier molecular flexibility index (Phi) is 6.02. The Morgan fingerprint density at radius 2 is 2.16 bits per heavy atom. The molecule has 1 saturated heterocycles. The van der Waals surface area contributed by atoms with Gasteiger partial charge in [0.2, 0.25) is 15.9 Å². The number of carbonyl (C=O) groups is 1. The SMILES string of the molecule is CNC(=O)C1(COC)CCCN1S(=O)(=O)c1cncc(OC(C)C)c1. The smallest absolute Gasteiger partial charge is 0.245 e. The number of ether oxygens (including phenoxy) is 2. The van der Waals surface area contributed by atoms with Gasteiger partial charge in [0.1, 0.15) is 16.2 Å². The first-order chi connectivity index (χ1) is 11.8. The van der Waals surface area contributed by atoms with E-state index >= 15 is 0 Å². The Hall–Kier alpha value is -1.71.